The standard InChI is InChI=1S/C23H25FN4O.ClH/c1-27(20-11-13-25-14-12-20)22(29)15-18-16-28(21-5-3-2-4-6-21)26-23(18)17-7-9-19(24)10-8-17;/h2-10,16,20,25H,11-15H2,1H3;1H. The molecule has 1 N–H and O–H groups in total. The molecule has 7 heteroatoms. The Bertz CT molecular complexity index is 969. The Morgan fingerprint density at radius 3 is 2.47 bits per heavy atom. The number of rotatable bonds is 5. The molecule has 0 aliphatic carbocycles. The molecule has 1 aliphatic rings. The van der Waals surface area contributed by atoms with Crippen LogP contribution in [0, 0.1) is 5.82 Å². The second kappa shape index (κ2) is 9.87. The predicted molar refractivity (Wildman–Crippen MR) is 119 cm³/mol. The molecule has 158 valence electrons. The first-order chi connectivity index (χ1) is 14.1. The average molecular weight is 429 g/mol. The smallest absolute Gasteiger partial charge is 0.227 e. The van der Waals surface area contributed by atoms with Gasteiger partial charge in [0.25, 0.3) is 0 Å². The summed E-state index contributed by atoms with van der Waals surface area (Å²) in [7, 11) is 1.89. The molecule has 2 heterocycles. The van der Waals surface area contributed by atoms with Crippen molar-refractivity contribution in [2.45, 2.75) is 25.3 Å². The van der Waals surface area contributed by atoms with E-state index in [0.717, 1.165) is 42.7 Å². The van der Waals surface area contributed by atoms with Crippen LogP contribution in [-0.4, -0.2) is 46.8 Å². The molecule has 0 saturated carbocycles. The number of nitrogens with zero attached hydrogens (tertiary/aromatic N) is 3. The first kappa shape index (κ1) is 22.0. The summed E-state index contributed by atoms with van der Waals surface area (Å²) in [6.07, 6.45) is 4.11. The highest BCUT2D eigenvalue weighted by Gasteiger charge is 2.24. The van der Waals surface area contributed by atoms with Gasteiger partial charge in [0.1, 0.15) is 5.82 Å². The minimum Gasteiger partial charge on any atom is -0.342 e. The van der Waals surface area contributed by atoms with E-state index in [9.17, 15) is 9.18 Å². The molecule has 1 amide bonds. The van der Waals surface area contributed by atoms with Crippen LogP contribution in [0.2, 0.25) is 0 Å². The van der Waals surface area contributed by atoms with Gasteiger partial charge in [-0.2, -0.15) is 5.10 Å². The van der Waals surface area contributed by atoms with Gasteiger partial charge < -0.3 is 10.2 Å². The van der Waals surface area contributed by atoms with Crippen molar-refractivity contribution < 1.29 is 9.18 Å². The molecular formula is C23H26ClFN4O. The van der Waals surface area contributed by atoms with Crippen molar-refractivity contribution in [2.24, 2.45) is 0 Å². The Labute approximate surface area is 182 Å². The molecule has 5 nitrogen and oxygen atoms in total. The van der Waals surface area contributed by atoms with E-state index in [4.69, 9.17) is 5.10 Å². The number of piperidine rings is 1. The Morgan fingerprint density at radius 1 is 1.13 bits per heavy atom. The minimum absolute atomic E-state index is 0. The number of likely N-dealkylation sites (N-methyl/N-ethyl adjacent to an activating group) is 1. The molecule has 0 radical (unpaired) electrons. The summed E-state index contributed by atoms with van der Waals surface area (Å²) in [4.78, 5) is 14.9. The number of carbonyl (C=O) groups excluding carboxylic acids is 1. The normalized spacial score (nSPS) is 14.2. The number of nitrogens with one attached hydrogen (secondary N) is 1. The van der Waals surface area contributed by atoms with E-state index in [0.29, 0.717) is 5.69 Å². The average Bonchev–Trinajstić information content (AvgIpc) is 3.18. The van der Waals surface area contributed by atoms with Gasteiger partial charge >= 0.3 is 0 Å². The van der Waals surface area contributed by atoms with Crippen molar-refractivity contribution in [1.29, 1.82) is 0 Å². The quantitative estimate of drug-likeness (QED) is 0.671. The molecule has 3 aromatic rings. The van der Waals surface area contributed by atoms with Crippen LogP contribution in [0.5, 0.6) is 0 Å². The summed E-state index contributed by atoms with van der Waals surface area (Å²) in [5, 5.41) is 8.05. The summed E-state index contributed by atoms with van der Waals surface area (Å²) >= 11 is 0. The first-order valence-electron chi connectivity index (χ1n) is 9.98. The lowest BCUT2D eigenvalue weighted by molar-refractivity contribution is -0.131. The number of hydrogen-bond donors (Lipinski definition) is 1. The summed E-state index contributed by atoms with van der Waals surface area (Å²) in [5.74, 6) is -0.215. The summed E-state index contributed by atoms with van der Waals surface area (Å²) < 4.78 is 15.2. The fourth-order valence-electron chi connectivity index (χ4n) is 3.79. The Hall–Kier alpha value is -2.70. The van der Waals surface area contributed by atoms with E-state index in [1.165, 1.54) is 12.1 Å². The van der Waals surface area contributed by atoms with Gasteiger partial charge in [-0.3, -0.25) is 4.79 Å². The van der Waals surface area contributed by atoms with Crippen LogP contribution in [0.3, 0.4) is 0 Å². The predicted octanol–water partition coefficient (Wildman–Crippen LogP) is 3.85. The van der Waals surface area contributed by atoms with E-state index in [-0.39, 0.29) is 36.6 Å². The molecule has 4 rings (SSSR count). The summed E-state index contributed by atoms with van der Waals surface area (Å²) in [5.41, 5.74) is 3.27. The molecular weight excluding hydrogens is 403 g/mol. The molecule has 2 aromatic carbocycles. The molecule has 0 bridgehead atoms. The van der Waals surface area contributed by atoms with Crippen molar-refractivity contribution in [3.8, 4) is 16.9 Å². The SMILES string of the molecule is CN(C(=O)Cc1cn(-c2ccccc2)nc1-c1ccc(F)cc1)C1CCNCC1.Cl. The fraction of sp³-hybridized carbons (Fsp3) is 0.304. The number of halogens is 2. The largest absolute Gasteiger partial charge is 0.342 e. The van der Waals surface area contributed by atoms with Gasteiger partial charge in [-0.1, -0.05) is 18.2 Å². The molecule has 1 aromatic heterocycles. The van der Waals surface area contributed by atoms with E-state index < -0.39 is 0 Å². The van der Waals surface area contributed by atoms with Crippen molar-refractivity contribution in [3.05, 3.63) is 72.2 Å². The van der Waals surface area contributed by atoms with Gasteiger partial charge in [0, 0.05) is 30.4 Å². The lowest BCUT2D eigenvalue weighted by Crippen LogP contribution is -2.44. The maximum absolute atomic E-state index is 13.4. The number of carbonyl (C=O) groups is 1. The van der Waals surface area contributed by atoms with Gasteiger partial charge in [-0.15, -0.1) is 12.4 Å². The zero-order valence-corrected chi connectivity index (χ0v) is 17.7. The van der Waals surface area contributed by atoms with Crippen LogP contribution in [0.25, 0.3) is 16.9 Å². The van der Waals surface area contributed by atoms with Gasteiger partial charge in [0.05, 0.1) is 17.8 Å². The summed E-state index contributed by atoms with van der Waals surface area (Å²) in [6.45, 7) is 1.88. The Balaban J connectivity index is 0.00000256. The van der Waals surface area contributed by atoms with Crippen molar-refractivity contribution >= 4 is 18.3 Å². The Morgan fingerprint density at radius 2 is 1.80 bits per heavy atom. The fourth-order valence-corrected chi connectivity index (χ4v) is 3.79. The van der Waals surface area contributed by atoms with Crippen LogP contribution in [-0.2, 0) is 11.2 Å². The van der Waals surface area contributed by atoms with Gasteiger partial charge in [-0.05, 0) is 62.3 Å². The molecule has 1 saturated heterocycles. The molecule has 0 atom stereocenters. The van der Waals surface area contributed by atoms with E-state index in [2.05, 4.69) is 5.32 Å². The number of amides is 1. The summed E-state index contributed by atoms with van der Waals surface area (Å²) in [6, 6.07) is 16.3. The zero-order valence-electron chi connectivity index (χ0n) is 16.9. The third kappa shape index (κ3) is 4.89. The lowest BCUT2D eigenvalue weighted by atomic mass is 10.0. The highest BCUT2D eigenvalue weighted by Crippen LogP contribution is 2.25. The number of hydrogen-bond acceptors (Lipinski definition) is 3. The monoisotopic (exact) mass is 428 g/mol. The minimum atomic E-state index is -0.292. The maximum atomic E-state index is 13.4. The van der Waals surface area contributed by atoms with Gasteiger partial charge in [0.15, 0.2) is 0 Å². The second-order valence-electron chi connectivity index (χ2n) is 7.45. The highest BCUT2D eigenvalue weighted by atomic mass is 35.5. The van der Waals surface area contributed by atoms with Gasteiger partial charge in [-0.25, -0.2) is 9.07 Å². The maximum Gasteiger partial charge on any atom is 0.227 e. The third-order valence-electron chi connectivity index (χ3n) is 5.52. The van der Waals surface area contributed by atoms with Crippen LogP contribution >= 0.6 is 12.4 Å². The molecule has 1 aliphatic heterocycles. The lowest BCUT2D eigenvalue weighted by Gasteiger charge is -2.31. The van der Waals surface area contributed by atoms with E-state index in [1.807, 2.05) is 48.5 Å². The van der Waals surface area contributed by atoms with Crippen molar-refractivity contribution in [3.63, 3.8) is 0 Å². The van der Waals surface area contributed by atoms with Crippen LogP contribution in [0.1, 0.15) is 18.4 Å². The molecule has 30 heavy (non-hydrogen) atoms. The molecule has 1 fully saturated rings. The van der Waals surface area contributed by atoms with E-state index >= 15 is 0 Å². The first-order valence-corrected chi connectivity index (χ1v) is 9.98. The van der Waals surface area contributed by atoms with Crippen molar-refractivity contribution in [2.75, 3.05) is 20.1 Å². The molecule has 0 unspecified atom stereocenters. The number of para-hydroxylation sites is 1. The topological polar surface area (TPSA) is 50.2 Å². The third-order valence-corrected chi connectivity index (χ3v) is 5.52. The van der Waals surface area contributed by atoms with Crippen LogP contribution < -0.4 is 5.32 Å². The number of benzene rings is 2. The zero-order chi connectivity index (χ0) is 20.2. The van der Waals surface area contributed by atoms with E-state index in [1.54, 1.807) is 16.8 Å². The molecule has 0 spiro atoms. The number of aromatic nitrogens is 2. The Kier molecular flexibility index (Phi) is 7.24. The van der Waals surface area contributed by atoms with Gasteiger partial charge in [0.2, 0.25) is 5.91 Å². The van der Waals surface area contributed by atoms with Crippen molar-refractivity contribution in [1.82, 2.24) is 20.0 Å². The highest BCUT2D eigenvalue weighted by molar-refractivity contribution is 5.85. The van der Waals surface area contributed by atoms with Crippen LogP contribution in [0.15, 0.2) is 60.8 Å². The second-order valence-corrected chi connectivity index (χ2v) is 7.45. The van der Waals surface area contributed by atoms with Crippen LogP contribution in [0.4, 0.5) is 4.39 Å².